The Labute approximate surface area is 109 Å². The van der Waals surface area contributed by atoms with E-state index in [0.29, 0.717) is 0 Å². The van der Waals surface area contributed by atoms with Gasteiger partial charge in [-0.15, -0.1) is 0 Å². The second-order valence-corrected chi connectivity index (χ2v) is 5.44. The molecule has 1 aliphatic rings. The number of nitrogens with two attached hydrogens (primary N) is 1. The zero-order valence-corrected chi connectivity index (χ0v) is 11.0. The number of benzene rings is 1. The molecule has 1 heterocycles. The summed E-state index contributed by atoms with van der Waals surface area (Å²) in [4.78, 5) is 4.71. The SMILES string of the molecule is NNc1cc2c(Br)cccc2nc1CC1CC1. The van der Waals surface area contributed by atoms with Gasteiger partial charge < -0.3 is 5.43 Å². The molecule has 88 valence electrons. The Morgan fingerprint density at radius 1 is 1.41 bits per heavy atom. The van der Waals surface area contributed by atoms with Crippen LogP contribution >= 0.6 is 15.9 Å². The van der Waals surface area contributed by atoms with Gasteiger partial charge in [-0.1, -0.05) is 22.0 Å². The van der Waals surface area contributed by atoms with Gasteiger partial charge in [-0.05, 0) is 43.4 Å². The number of anilines is 1. The molecule has 0 unspecified atom stereocenters. The summed E-state index contributed by atoms with van der Waals surface area (Å²) in [6.45, 7) is 0. The molecule has 3 rings (SSSR count). The largest absolute Gasteiger partial charge is 0.322 e. The van der Waals surface area contributed by atoms with E-state index in [1.165, 1.54) is 12.8 Å². The van der Waals surface area contributed by atoms with E-state index in [1.54, 1.807) is 0 Å². The average Bonchev–Trinajstić information content (AvgIpc) is 3.13. The van der Waals surface area contributed by atoms with Crippen LogP contribution in [0, 0.1) is 5.92 Å². The third kappa shape index (κ3) is 2.15. The summed E-state index contributed by atoms with van der Waals surface area (Å²) in [5, 5.41) is 1.10. The number of pyridine rings is 1. The maximum absolute atomic E-state index is 5.58. The van der Waals surface area contributed by atoms with Crippen LogP contribution in [0.4, 0.5) is 5.69 Å². The number of aromatic nitrogens is 1. The predicted octanol–water partition coefficient (Wildman–Crippen LogP) is 3.24. The van der Waals surface area contributed by atoms with Gasteiger partial charge in [0.25, 0.3) is 0 Å². The monoisotopic (exact) mass is 291 g/mol. The Balaban J connectivity index is 2.13. The van der Waals surface area contributed by atoms with Crippen molar-refractivity contribution in [2.45, 2.75) is 19.3 Å². The molecule has 0 amide bonds. The number of nitrogen functional groups attached to an aromatic ring is 1. The lowest BCUT2D eigenvalue weighted by atomic mass is 10.1. The molecule has 3 nitrogen and oxygen atoms in total. The maximum atomic E-state index is 5.58. The van der Waals surface area contributed by atoms with E-state index >= 15 is 0 Å². The topological polar surface area (TPSA) is 50.9 Å². The summed E-state index contributed by atoms with van der Waals surface area (Å²) in [6, 6.07) is 8.14. The van der Waals surface area contributed by atoms with Crippen LogP contribution in [0.15, 0.2) is 28.7 Å². The molecule has 0 saturated heterocycles. The van der Waals surface area contributed by atoms with Crippen LogP contribution in [-0.2, 0) is 6.42 Å². The molecule has 1 aromatic carbocycles. The van der Waals surface area contributed by atoms with Gasteiger partial charge >= 0.3 is 0 Å². The van der Waals surface area contributed by atoms with Gasteiger partial charge in [0, 0.05) is 9.86 Å². The van der Waals surface area contributed by atoms with Crippen LogP contribution in [0.1, 0.15) is 18.5 Å². The Morgan fingerprint density at radius 2 is 2.24 bits per heavy atom. The van der Waals surface area contributed by atoms with Crippen LogP contribution in [-0.4, -0.2) is 4.98 Å². The van der Waals surface area contributed by atoms with Crippen molar-refractivity contribution in [2.75, 3.05) is 5.43 Å². The first-order chi connectivity index (χ1) is 8.28. The van der Waals surface area contributed by atoms with E-state index in [1.807, 2.05) is 18.2 Å². The minimum absolute atomic E-state index is 0.805. The molecule has 2 aromatic rings. The first kappa shape index (κ1) is 11.0. The highest BCUT2D eigenvalue weighted by Gasteiger charge is 2.23. The van der Waals surface area contributed by atoms with Crippen LogP contribution in [0.2, 0.25) is 0 Å². The zero-order valence-electron chi connectivity index (χ0n) is 9.41. The highest BCUT2D eigenvalue weighted by Crippen LogP contribution is 2.35. The van der Waals surface area contributed by atoms with Gasteiger partial charge in [0.1, 0.15) is 0 Å². The van der Waals surface area contributed by atoms with Crippen LogP contribution < -0.4 is 11.3 Å². The normalized spacial score (nSPS) is 15.2. The first-order valence-electron chi connectivity index (χ1n) is 5.82. The minimum atomic E-state index is 0.805. The first-order valence-corrected chi connectivity index (χ1v) is 6.62. The summed E-state index contributed by atoms with van der Waals surface area (Å²) >= 11 is 3.54. The Kier molecular flexibility index (Phi) is 2.76. The number of halogens is 1. The second-order valence-electron chi connectivity index (χ2n) is 4.58. The molecule has 1 fully saturated rings. The highest BCUT2D eigenvalue weighted by atomic mass is 79.9. The van der Waals surface area contributed by atoms with Gasteiger partial charge in [0.15, 0.2) is 0 Å². The molecule has 17 heavy (non-hydrogen) atoms. The van der Waals surface area contributed by atoms with Crippen LogP contribution in [0.25, 0.3) is 10.9 Å². The van der Waals surface area contributed by atoms with Crippen molar-refractivity contribution in [1.29, 1.82) is 0 Å². The van der Waals surface area contributed by atoms with Crippen LogP contribution in [0.3, 0.4) is 0 Å². The summed E-state index contributed by atoms with van der Waals surface area (Å²) < 4.78 is 1.05. The van der Waals surface area contributed by atoms with E-state index in [0.717, 1.165) is 39.1 Å². The van der Waals surface area contributed by atoms with E-state index in [2.05, 4.69) is 27.4 Å². The third-order valence-electron chi connectivity index (χ3n) is 3.22. The molecule has 0 aliphatic heterocycles. The summed E-state index contributed by atoms with van der Waals surface area (Å²) in [7, 11) is 0. The average molecular weight is 292 g/mol. The zero-order chi connectivity index (χ0) is 11.8. The number of rotatable bonds is 3. The van der Waals surface area contributed by atoms with Gasteiger partial charge in [0.2, 0.25) is 0 Å². The van der Waals surface area contributed by atoms with E-state index in [4.69, 9.17) is 10.8 Å². The molecule has 4 heteroatoms. The standard InChI is InChI=1S/C13H14BrN3/c14-10-2-1-3-11-9(10)7-13(17-15)12(16-11)6-8-4-5-8/h1-3,7-8,17H,4-6,15H2. The lowest BCUT2D eigenvalue weighted by molar-refractivity contribution is 0.810. The minimum Gasteiger partial charge on any atom is -0.322 e. The molecule has 0 spiro atoms. The van der Waals surface area contributed by atoms with Crippen molar-refractivity contribution in [3.05, 3.63) is 34.4 Å². The molecule has 1 aliphatic carbocycles. The fraction of sp³-hybridized carbons (Fsp3) is 0.308. The Bertz CT molecular complexity index is 564. The Hall–Kier alpha value is -1.13. The number of nitrogens with one attached hydrogen (secondary N) is 1. The van der Waals surface area contributed by atoms with Crippen molar-refractivity contribution >= 4 is 32.5 Å². The van der Waals surface area contributed by atoms with Crippen molar-refractivity contribution in [2.24, 2.45) is 11.8 Å². The van der Waals surface area contributed by atoms with Gasteiger partial charge in [-0.25, -0.2) is 0 Å². The lowest BCUT2D eigenvalue weighted by Gasteiger charge is -2.10. The van der Waals surface area contributed by atoms with Gasteiger partial charge in [-0.2, -0.15) is 0 Å². The quantitative estimate of drug-likeness (QED) is 0.674. The summed E-state index contributed by atoms with van der Waals surface area (Å²) in [5.41, 5.74) is 5.81. The molecular weight excluding hydrogens is 278 g/mol. The van der Waals surface area contributed by atoms with E-state index in [-0.39, 0.29) is 0 Å². The van der Waals surface area contributed by atoms with Gasteiger partial charge in [-0.3, -0.25) is 10.8 Å². The molecule has 0 radical (unpaired) electrons. The second kappa shape index (κ2) is 4.27. The van der Waals surface area contributed by atoms with E-state index < -0.39 is 0 Å². The fourth-order valence-corrected chi connectivity index (χ4v) is 2.55. The summed E-state index contributed by atoms with van der Waals surface area (Å²) in [6.07, 6.45) is 3.67. The molecule has 0 atom stereocenters. The number of hydrazine groups is 1. The fourth-order valence-electron chi connectivity index (χ4n) is 2.08. The number of hydrogen-bond acceptors (Lipinski definition) is 3. The number of hydrogen-bond donors (Lipinski definition) is 2. The molecule has 3 N–H and O–H groups in total. The molecule has 1 saturated carbocycles. The third-order valence-corrected chi connectivity index (χ3v) is 3.91. The maximum Gasteiger partial charge on any atom is 0.0718 e. The van der Waals surface area contributed by atoms with Crippen molar-refractivity contribution < 1.29 is 0 Å². The van der Waals surface area contributed by atoms with Crippen molar-refractivity contribution in [1.82, 2.24) is 4.98 Å². The summed E-state index contributed by atoms with van der Waals surface area (Å²) in [5.74, 6) is 6.39. The predicted molar refractivity (Wildman–Crippen MR) is 73.7 cm³/mol. The number of fused-ring (bicyclic) bond motifs is 1. The molecule has 1 aromatic heterocycles. The smallest absolute Gasteiger partial charge is 0.0718 e. The molecular formula is C13H14BrN3. The lowest BCUT2D eigenvalue weighted by Crippen LogP contribution is -2.11. The van der Waals surface area contributed by atoms with E-state index in [9.17, 15) is 0 Å². The van der Waals surface area contributed by atoms with Gasteiger partial charge in [0.05, 0.1) is 16.9 Å². The van der Waals surface area contributed by atoms with Crippen molar-refractivity contribution in [3.8, 4) is 0 Å². The van der Waals surface area contributed by atoms with Crippen LogP contribution in [0.5, 0.6) is 0 Å². The van der Waals surface area contributed by atoms with Crippen molar-refractivity contribution in [3.63, 3.8) is 0 Å². The highest BCUT2D eigenvalue weighted by molar-refractivity contribution is 9.10. The molecule has 0 bridgehead atoms. The Morgan fingerprint density at radius 3 is 2.94 bits per heavy atom. The number of nitrogens with zero attached hydrogens (tertiary/aromatic N) is 1.